The molecule has 0 fully saturated rings. The van der Waals surface area contributed by atoms with E-state index >= 15 is 0 Å². The number of hydrogen-bond donors (Lipinski definition) is 1. The van der Waals surface area contributed by atoms with E-state index in [0.717, 1.165) is 18.9 Å². The van der Waals surface area contributed by atoms with Crippen molar-refractivity contribution in [1.82, 2.24) is 0 Å². The van der Waals surface area contributed by atoms with Crippen molar-refractivity contribution in [2.45, 2.75) is 19.8 Å². The van der Waals surface area contributed by atoms with Crippen LogP contribution in [0.25, 0.3) is 6.08 Å². The summed E-state index contributed by atoms with van der Waals surface area (Å²) in [4.78, 5) is 0. The second kappa shape index (κ2) is 5.49. The molecule has 0 aliphatic rings. The zero-order valence-electron chi connectivity index (χ0n) is 8.98. The lowest BCUT2D eigenvalue weighted by molar-refractivity contribution is 0.507. The van der Waals surface area contributed by atoms with Gasteiger partial charge < -0.3 is 5.32 Å². The number of halogens is 2. The van der Waals surface area contributed by atoms with Gasteiger partial charge in [-0.15, -0.1) is 0 Å². The Morgan fingerprint density at radius 2 is 2.07 bits per heavy atom. The fourth-order valence-electron chi connectivity index (χ4n) is 1.32. The molecule has 0 aliphatic heterocycles. The smallest absolute Gasteiger partial charge is 0.168 e. The molecule has 0 unspecified atom stereocenters. The van der Waals surface area contributed by atoms with Crippen LogP contribution in [0, 0.1) is 11.6 Å². The van der Waals surface area contributed by atoms with Crippen LogP contribution >= 0.6 is 0 Å². The van der Waals surface area contributed by atoms with Gasteiger partial charge in [0, 0.05) is 18.3 Å². The topological polar surface area (TPSA) is 12.0 Å². The van der Waals surface area contributed by atoms with E-state index < -0.39 is 11.6 Å². The molecule has 0 bridgehead atoms. The molecule has 1 rings (SSSR count). The highest BCUT2D eigenvalue weighted by molar-refractivity contribution is 5.67. The fraction of sp³-hybridized carbons (Fsp3) is 0.333. The number of anilines is 1. The predicted molar refractivity (Wildman–Crippen MR) is 59.8 cm³/mol. The van der Waals surface area contributed by atoms with Crippen molar-refractivity contribution in [1.29, 1.82) is 0 Å². The summed E-state index contributed by atoms with van der Waals surface area (Å²) in [6.45, 7) is 2.03. The Kier molecular flexibility index (Phi) is 4.28. The van der Waals surface area contributed by atoms with Crippen molar-refractivity contribution in [2.24, 2.45) is 0 Å². The SMILES string of the molecule is CCC/C=C\c1c(NC)ccc(F)c1F. The van der Waals surface area contributed by atoms with Crippen molar-refractivity contribution in [3.05, 3.63) is 35.4 Å². The first kappa shape index (κ1) is 11.7. The molecule has 1 aromatic carbocycles. The number of rotatable bonds is 4. The molecule has 1 N–H and O–H groups in total. The first-order valence-corrected chi connectivity index (χ1v) is 5.03. The first-order chi connectivity index (χ1) is 7.20. The second-order valence-corrected chi connectivity index (χ2v) is 3.26. The molecule has 15 heavy (non-hydrogen) atoms. The molecule has 82 valence electrons. The Labute approximate surface area is 88.8 Å². The lowest BCUT2D eigenvalue weighted by atomic mass is 10.1. The van der Waals surface area contributed by atoms with Gasteiger partial charge >= 0.3 is 0 Å². The Morgan fingerprint density at radius 3 is 2.67 bits per heavy atom. The lowest BCUT2D eigenvalue weighted by Gasteiger charge is -2.06. The molecule has 0 amide bonds. The number of unbranched alkanes of at least 4 members (excludes halogenated alkanes) is 1. The highest BCUT2D eigenvalue weighted by Gasteiger charge is 2.09. The van der Waals surface area contributed by atoms with Crippen molar-refractivity contribution >= 4 is 11.8 Å². The quantitative estimate of drug-likeness (QED) is 0.798. The van der Waals surface area contributed by atoms with Gasteiger partial charge in [0.25, 0.3) is 0 Å². The molecule has 0 saturated heterocycles. The van der Waals surface area contributed by atoms with Gasteiger partial charge in [0.15, 0.2) is 11.6 Å². The normalized spacial score (nSPS) is 10.9. The Bertz CT molecular complexity index is 359. The zero-order chi connectivity index (χ0) is 11.3. The van der Waals surface area contributed by atoms with Crippen LogP contribution < -0.4 is 5.32 Å². The van der Waals surface area contributed by atoms with Crippen molar-refractivity contribution in [3.63, 3.8) is 0 Å². The van der Waals surface area contributed by atoms with Gasteiger partial charge in [-0.2, -0.15) is 0 Å². The molecule has 0 heterocycles. The first-order valence-electron chi connectivity index (χ1n) is 5.03. The number of benzene rings is 1. The molecule has 0 saturated carbocycles. The van der Waals surface area contributed by atoms with Gasteiger partial charge in [0.2, 0.25) is 0 Å². The minimum absolute atomic E-state index is 0.283. The van der Waals surface area contributed by atoms with E-state index in [2.05, 4.69) is 5.32 Å². The van der Waals surface area contributed by atoms with E-state index in [1.807, 2.05) is 13.0 Å². The van der Waals surface area contributed by atoms with Gasteiger partial charge in [-0.25, -0.2) is 8.78 Å². The standard InChI is InChI=1S/C12H15F2N/c1-3-4-5-6-9-11(15-2)8-7-10(13)12(9)14/h5-8,15H,3-4H2,1-2H3/b6-5-. The molecular formula is C12H15F2N. The summed E-state index contributed by atoms with van der Waals surface area (Å²) < 4.78 is 26.4. The van der Waals surface area contributed by atoms with E-state index in [1.54, 1.807) is 13.1 Å². The minimum Gasteiger partial charge on any atom is -0.388 e. The molecule has 0 atom stereocenters. The molecular weight excluding hydrogens is 196 g/mol. The molecule has 0 aromatic heterocycles. The number of nitrogens with one attached hydrogen (secondary N) is 1. The highest BCUT2D eigenvalue weighted by Crippen LogP contribution is 2.22. The summed E-state index contributed by atoms with van der Waals surface area (Å²) >= 11 is 0. The Hall–Kier alpha value is -1.38. The molecule has 0 spiro atoms. The minimum atomic E-state index is -0.815. The second-order valence-electron chi connectivity index (χ2n) is 3.26. The average Bonchev–Trinajstić information content (AvgIpc) is 2.25. The molecule has 0 aliphatic carbocycles. The van der Waals surface area contributed by atoms with Gasteiger partial charge in [-0.3, -0.25) is 0 Å². The third kappa shape index (κ3) is 2.78. The lowest BCUT2D eigenvalue weighted by Crippen LogP contribution is -1.97. The van der Waals surface area contributed by atoms with Crippen LogP contribution in [0.2, 0.25) is 0 Å². The van der Waals surface area contributed by atoms with Crippen LogP contribution in [0.3, 0.4) is 0 Å². The zero-order valence-corrected chi connectivity index (χ0v) is 8.98. The third-order valence-corrected chi connectivity index (χ3v) is 2.14. The summed E-state index contributed by atoms with van der Waals surface area (Å²) in [6, 6.07) is 2.66. The van der Waals surface area contributed by atoms with E-state index in [4.69, 9.17) is 0 Å². The number of hydrogen-bond acceptors (Lipinski definition) is 1. The highest BCUT2D eigenvalue weighted by atomic mass is 19.2. The van der Waals surface area contributed by atoms with E-state index in [0.29, 0.717) is 5.69 Å². The van der Waals surface area contributed by atoms with Crippen LogP contribution in [0.4, 0.5) is 14.5 Å². The summed E-state index contributed by atoms with van der Waals surface area (Å²) in [6.07, 6.45) is 5.31. The summed E-state index contributed by atoms with van der Waals surface area (Å²) in [5.41, 5.74) is 0.882. The summed E-state index contributed by atoms with van der Waals surface area (Å²) in [5, 5.41) is 2.83. The van der Waals surface area contributed by atoms with Gasteiger partial charge in [-0.05, 0) is 18.6 Å². The summed E-state index contributed by atoms with van der Waals surface area (Å²) in [7, 11) is 1.68. The van der Waals surface area contributed by atoms with Crippen LogP contribution in [-0.2, 0) is 0 Å². The monoisotopic (exact) mass is 211 g/mol. The van der Waals surface area contributed by atoms with Gasteiger partial charge in [-0.1, -0.05) is 25.5 Å². The number of allylic oxidation sites excluding steroid dienone is 1. The maximum Gasteiger partial charge on any atom is 0.168 e. The van der Waals surface area contributed by atoms with Crippen LogP contribution in [-0.4, -0.2) is 7.05 Å². The van der Waals surface area contributed by atoms with E-state index in [-0.39, 0.29) is 5.56 Å². The van der Waals surface area contributed by atoms with Crippen LogP contribution in [0.1, 0.15) is 25.3 Å². The molecule has 0 radical (unpaired) electrons. The van der Waals surface area contributed by atoms with Crippen molar-refractivity contribution in [3.8, 4) is 0 Å². The van der Waals surface area contributed by atoms with E-state index in [9.17, 15) is 8.78 Å². The predicted octanol–water partition coefficient (Wildman–Crippen LogP) is 3.82. The average molecular weight is 211 g/mol. The van der Waals surface area contributed by atoms with Crippen molar-refractivity contribution in [2.75, 3.05) is 12.4 Å². The molecule has 3 heteroatoms. The maximum absolute atomic E-state index is 13.4. The Morgan fingerprint density at radius 1 is 1.33 bits per heavy atom. The largest absolute Gasteiger partial charge is 0.388 e. The molecule has 1 aromatic rings. The van der Waals surface area contributed by atoms with E-state index in [1.165, 1.54) is 6.07 Å². The van der Waals surface area contributed by atoms with Crippen molar-refractivity contribution < 1.29 is 8.78 Å². The fourth-order valence-corrected chi connectivity index (χ4v) is 1.32. The Balaban J connectivity index is 3.06. The molecule has 1 nitrogen and oxygen atoms in total. The third-order valence-electron chi connectivity index (χ3n) is 2.14. The van der Waals surface area contributed by atoms with Crippen LogP contribution in [0.15, 0.2) is 18.2 Å². The van der Waals surface area contributed by atoms with Crippen LogP contribution in [0.5, 0.6) is 0 Å². The van der Waals surface area contributed by atoms with Gasteiger partial charge in [0.1, 0.15) is 0 Å². The maximum atomic E-state index is 13.4. The summed E-state index contributed by atoms with van der Waals surface area (Å²) in [5.74, 6) is -1.61. The van der Waals surface area contributed by atoms with Gasteiger partial charge in [0.05, 0.1) is 0 Å².